The molecular formula is C31H40F6N4O5. The van der Waals surface area contributed by atoms with Crippen LogP contribution in [-0.4, -0.2) is 68.8 Å². The summed E-state index contributed by atoms with van der Waals surface area (Å²) in [7, 11) is 1.35. The summed E-state index contributed by atoms with van der Waals surface area (Å²) in [4.78, 5) is 23.7. The summed E-state index contributed by atoms with van der Waals surface area (Å²) in [6.45, 7) is 3.48. The average molecular weight is 663 g/mol. The highest BCUT2D eigenvalue weighted by molar-refractivity contribution is 5.72. The van der Waals surface area contributed by atoms with Crippen molar-refractivity contribution in [3.8, 4) is 5.75 Å². The first-order valence-electron chi connectivity index (χ1n) is 15.4. The van der Waals surface area contributed by atoms with Crippen LogP contribution in [0.4, 0.5) is 32.3 Å². The number of hydrogen-bond acceptors (Lipinski definition) is 9. The maximum absolute atomic E-state index is 13.7. The van der Waals surface area contributed by atoms with Gasteiger partial charge in [0.25, 0.3) is 0 Å². The van der Waals surface area contributed by atoms with E-state index in [1.807, 2.05) is 18.7 Å². The van der Waals surface area contributed by atoms with Gasteiger partial charge in [-0.3, -0.25) is 4.79 Å². The molecule has 0 spiro atoms. The number of alkyl halides is 6. The summed E-state index contributed by atoms with van der Waals surface area (Å²) in [5, 5.41) is 21.1. The van der Waals surface area contributed by atoms with E-state index in [0.29, 0.717) is 63.5 Å². The molecule has 15 heteroatoms. The van der Waals surface area contributed by atoms with Crippen molar-refractivity contribution in [2.75, 3.05) is 12.0 Å². The van der Waals surface area contributed by atoms with Gasteiger partial charge in [0.2, 0.25) is 12.4 Å². The number of ether oxygens (including phenoxy) is 2. The zero-order chi connectivity index (χ0) is 33.8. The monoisotopic (exact) mass is 662 g/mol. The fourth-order valence-corrected chi connectivity index (χ4v) is 6.61. The molecule has 9 nitrogen and oxygen atoms in total. The number of benzene rings is 1. The molecule has 2 unspecified atom stereocenters. The normalized spacial score (nSPS) is 25.2. The summed E-state index contributed by atoms with van der Waals surface area (Å²) in [6.07, 6.45) is -5.14. The number of aliphatic hydroxyl groups excluding tert-OH is 1. The fraction of sp³-hybridized carbons (Fsp3) is 0.645. The van der Waals surface area contributed by atoms with E-state index in [0.717, 1.165) is 12.4 Å². The molecular weight excluding hydrogens is 622 g/mol. The van der Waals surface area contributed by atoms with Crippen molar-refractivity contribution < 1.29 is 50.8 Å². The summed E-state index contributed by atoms with van der Waals surface area (Å²) in [6, 6.07) is 0.501. The second kappa shape index (κ2) is 14.7. The Morgan fingerprint density at radius 1 is 0.957 bits per heavy atom. The number of methoxy groups -OCH3 is 1. The van der Waals surface area contributed by atoms with Gasteiger partial charge >= 0.3 is 18.3 Å². The van der Waals surface area contributed by atoms with E-state index in [1.54, 1.807) is 4.90 Å². The highest BCUT2D eigenvalue weighted by atomic mass is 19.4. The van der Waals surface area contributed by atoms with Crippen molar-refractivity contribution in [3.05, 3.63) is 47.3 Å². The SMILES string of the molecule is CC[C@@H]1CC(N(Cc2cc(C(F)(F)F)cc(C(F)(F)F)c2)c2ncc(O)cn2)C[C@H](CC)N1C(O)OC1CCC(C(=O)OC)CC1. The van der Waals surface area contributed by atoms with Crippen molar-refractivity contribution in [2.24, 2.45) is 5.92 Å². The van der Waals surface area contributed by atoms with Gasteiger partial charge in [-0.25, -0.2) is 14.9 Å². The number of carbonyl (C=O) groups excluding carboxylic acids is 1. The van der Waals surface area contributed by atoms with Crippen LogP contribution in [0.3, 0.4) is 0 Å². The zero-order valence-corrected chi connectivity index (χ0v) is 25.9. The van der Waals surface area contributed by atoms with Crippen LogP contribution in [0, 0.1) is 5.92 Å². The van der Waals surface area contributed by atoms with E-state index in [9.17, 15) is 41.4 Å². The molecule has 46 heavy (non-hydrogen) atoms. The quantitative estimate of drug-likeness (QED) is 0.173. The Balaban J connectivity index is 1.60. The average Bonchev–Trinajstić information content (AvgIpc) is 3.02. The van der Waals surface area contributed by atoms with E-state index in [1.165, 1.54) is 7.11 Å². The van der Waals surface area contributed by atoms with E-state index >= 15 is 0 Å². The number of anilines is 1. The molecule has 1 aromatic heterocycles. The molecule has 2 aliphatic rings. The van der Waals surface area contributed by atoms with E-state index in [2.05, 4.69) is 9.97 Å². The summed E-state index contributed by atoms with van der Waals surface area (Å²) in [5.41, 5.74) is -3.07. The Labute approximate surface area is 263 Å². The lowest BCUT2D eigenvalue weighted by molar-refractivity contribution is -0.252. The molecule has 0 amide bonds. The lowest BCUT2D eigenvalue weighted by atomic mass is 9.87. The molecule has 256 valence electrons. The summed E-state index contributed by atoms with van der Waals surface area (Å²) in [5.74, 6) is -0.691. The maximum Gasteiger partial charge on any atom is 0.416 e. The molecule has 1 aliphatic heterocycles. The topological polar surface area (TPSA) is 108 Å². The van der Waals surface area contributed by atoms with Gasteiger partial charge in [-0.15, -0.1) is 0 Å². The Morgan fingerprint density at radius 2 is 1.48 bits per heavy atom. The molecule has 2 N–H and O–H groups in total. The third-order valence-corrected chi connectivity index (χ3v) is 8.97. The first-order valence-corrected chi connectivity index (χ1v) is 15.4. The van der Waals surface area contributed by atoms with E-state index in [-0.39, 0.29) is 59.9 Å². The van der Waals surface area contributed by atoms with Gasteiger partial charge in [0.05, 0.1) is 42.7 Å². The number of nitrogens with zero attached hydrogens (tertiary/aromatic N) is 4. The molecule has 0 bridgehead atoms. The molecule has 1 aromatic carbocycles. The molecule has 0 radical (unpaired) electrons. The first kappa shape index (κ1) is 35.7. The van der Waals surface area contributed by atoms with E-state index in [4.69, 9.17) is 9.47 Å². The van der Waals surface area contributed by atoms with Crippen LogP contribution < -0.4 is 4.90 Å². The van der Waals surface area contributed by atoms with Crippen molar-refractivity contribution in [1.82, 2.24) is 14.9 Å². The Hall–Kier alpha value is -3.17. The van der Waals surface area contributed by atoms with Gasteiger partial charge in [-0.2, -0.15) is 26.3 Å². The van der Waals surface area contributed by atoms with Crippen molar-refractivity contribution in [3.63, 3.8) is 0 Å². The van der Waals surface area contributed by atoms with Gasteiger partial charge in [0.1, 0.15) is 0 Å². The third-order valence-electron chi connectivity index (χ3n) is 8.97. The minimum absolute atomic E-state index is 0.0334. The van der Waals surface area contributed by atoms with Crippen LogP contribution in [0.5, 0.6) is 5.75 Å². The molecule has 4 rings (SSSR count). The third kappa shape index (κ3) is 8.59. The highest BCUT2D eigenvalue weighted by Crippen LogP contribution is 2.39. The fourth-order valence-electron chi connectivity index (χ4n) is 6.61. The summed E-state index contributed by atoms with van der Waals surface area (Å²) >= 11 is 0. The van der Waals surface area contributed by atoms with Crippen LogP contribution in [0.15, 0.2) is 30.6 Å². The van der Waals surface area contributed by atoms with Crippen molar-refractivity contribution in [2.45, 2.75) is 115 Å². The standard InChI is InChI=1S/C31H40F6N4O5/c1-4-22-13-24(14-23(5-2)41(22)29(44)46-26-8-6-19(7-9-26)27(43)45-3)40(28-38-15-25(42)16-39-28)17-18-10-20(30(32,33)34)12-21(11-18)31(35,36)37/h10-12,15-16,19,22-24,26,29,42,44H,4-9,13-14,17H2,1-3H3/t19?,22-,23+,24?,26?,29?. The molecule has 2 fully saturated rings. The van der Waals surface area contributed by atoms with Crippen molar-refractivity contribution >= 4 is 11.9 Å². The largest absolute Gasteiger partial charge is 0.505 e. The predicted molar refractivity (Wildman–Crippen MR) is 154 cm³/mol. The van der Waals surface area contributed by atoms with E-state index < -0.39 is 35.9 Å². The first-order chi connectivity index (χ1) is 21.6. The number of aliphatic hydroxyl groups is 1. The molecule has 1 saturated heterocycles. The van der Waals surface area contributed by atoms with Gasteiger partial charge in [0, 0.05) is 24.7 Å². The van der Waals surface area contributed by atoms with Crippen LogP contribution in [0.25, 0.3) is 0 Å². The number of rotatable bonds is 10. The lowest BCUT2D eigenvalue weighted by Crippen LogP contribution is -2.59. The Morgan fingerprint density at radius 3 is 1.93 bits per heavy atom. The number of halogens is 6. The summed E-state index contributed by atoms with van der Waals surface area (Å²) < 4.78 is 92.8. The second-order valence-corrected chi connectivity index (χ2v) is 11.9. The minimum atomic E-state index is -5.00. The highest BCUT2D eigenvalue weighted by Gasteiger charge is 2.42. The van der Waals surface area contributed by atoms with Crippen LogP contribution in [0.1, 0.15) is 81.9 Å². The van der Waals surface area contributed by atoms with Crippen LogP contribution in [0.2, 0.25) is 0 Å². The minimum Gasteiger partial charge on any atom is -0.505 e. The number of likely N-dealkylation sites (tertiary alicyclic amines) is 1. The second-order valence-electron chi connectivity index (χ2n) is 11.9. The molecule has 1 aliphatic carbocycles. The molecule has 2 aromatic rings. The van der Waals surface area contributed by atoms with Crippen LogP contribution in [-0.2, 0) is 33.2 Å². The number of aromatic nitrogens is 2. The number of piperidine rings is 1. The zero-order valence-electron chi connectivity index (χ0n) is 25.9. The number of carbonyl (C=O) groups is 1. The number of hydrogen-bond donors (Lipinski definition) is 2. The van der Waals surface area contributed by atoms with Gasteiger partial charge < -0.3 is 24.6 Å². The molecule has 2 heterocycles. The number of esters is 1. The number of aromatic hydroxyl groups is 1. The smallest absolute Gasteiger partial charge is 0.416 e. The van der Waals surface area contributed by atoms with Gasteiger partial charge in [0.15, 0.2) is 5.75 Å². The Kier molecular flexibility index (Phi) is 11.4. The maximum atomic E-state index is 13.7. The Bertz CT molecular complexity index is 1260. The molecule has 4 atom stereocenters. The van der Waals surface area contributed by atoms with Gasteiger partial charge in [-0.1, -0.05) is 13.8 Å². The van der Waals surface area contributed by atoms with Crippen molar-refractivity contribution in [1.29, 1.82) is 0 Å². The lowest BCUT2D eigenvalue weighted by Gasteiger charge is -2.49. The predicted octanol–water partition coefficient (Wildman–Crippen LogP) is 6.27. The molecule has 1 saturated carbocycles. The van der Waals surface area contributed by atoms with Gasteiger partial charge in [-0.05, 0) is 75.1 Å². The van der Waals surface area contributed by atoms with Crippen LogP contribution >= 0.6 is 0 Å².